The van der Waals surface area contributed by atoms with Crippen molar-refractivity contribution >= 4 is 11.4 Å². The van der Waals surface area contributed by atoms with Crippen LogP contribution in [-0.2, 0) is 6.42 Å². The summed E-state index contributed by atoms with van der Waals surface area (Å²) in [5.74, 6) is 0. The number of rotatable bonds is 9. The first-order chi connectivity index (χ1) is 16.5. The monoisotopic (exact) mass is 465 g/mol. The van der Waals surface area contributed by atoms with E-state index in [1.54, 1.807) is 0 Å². The number of aliphatic hydroxyl groups is 1. The lowest BCUT2D eigenvalue weighted by atomic mass is 9.98. The maximum Gasteiger partial charge on any atom is 0.0790 e. The molecular formula is C33H39NO. The van der Waals surface area contributed by atoms with Gasteiger partial charge in [-0.3, -0.25) is 0 Å². The molecule has 0 unspecified atom stereocenters. The van der Waals surface area contributed by atoms with Crippen LogP contribution in [0.5, 0.6) is 0 Å². The van der Waals surface area contributed by atoms with E-state index in [1.165, 1.54) is 33.4 Å². The van der Waals surface area contributed by atoms with Crippen LogP contribution >= 0.6 is 0 Å². The third kappa shape index (κ3) is 7.07. The van der Waals surface area contributed by atoms with Crippen LogP contribution in [0.2, 0.25) is 0 Å². The van der Waals surface area contributed by atoms with Crippen LogP contribution < -0.4 is 5.32 Å². The first-order valence-electron chi connectivity index (χ1n) is 12.3. The van der Waals surface area contributed by atoms with Gasteiger partial charge in [0.25, 0.3) is 0 Å². The Morgan fingerprint density at radius 3 is 2.09 bits per heavy atom. The minimum atomic E-state index is -0.374. The molecule has 182 valence electrons. The molecule has 4 rings (SSSR count). The lowest BCUT2D eigenvalue weighted by Crippen LogP contribution is -1.99. The molecule has 0 aliphatic heterocycles. The van der Waals surface area contributed by atoms with Gasteiger partial charge in [0.1, 0.15) is 0 Å². The average molecular weight is 466 g/mol. The second-order valence-corrected chi connectivity index (χ2v) is 9.32. The Bertz CT molecular complexity index is 1210. The Morgan fingerprint density at radius 2 is 1.37 bits per heavy atom. The van der Waals surface area contributed by atoms with Crippen molar-refractivity contribution in [3.63, 3.8) is 0 Å². The summed E-state index contributed by atoms with van der Waals surface area (Å²) in [4.78, 5) is 0. The van der Waals surface area contributed by atoms with Crippen LogP contribution in [0.3, 0.4) is 0 Å². The van der Waals surface area contributed by atoms with Gasteiger partial charge in [0.05, 0.1) is 6.10 Å². The molecule has 4 aromatic rings. The number of nitrogens with one attached hydrogen (secondary N) is 1. The van der Waals surface area contributed by atoms with Gasteiger partial charge in [-0.15, -0.1) is 0 Å². The number of aliphatic hydroxyl groups excluding tert-OH is 1. The number of hydrogen-bond donors (Lipinski definition) is 2. The zero-order valence-electron chi connectivity index (χ0n) is 20.5. The summed E-state index contributed by atoms with van der Waals surface area (Å²) in [5, 5.41) is 14.1. The van der Waals surface area contributed by atoms with Gasteiger partial charge in [-0.25, -0.2) is 0 Å². The summed E-state index contributed by atoms with van der Waals surface area (Å²) < 4.78 is 0. The molecule has 0 bridgehead atoms. The van der Waals surface area contributed by atoms with Crippen LogP contribution in [0.15, 0.2) is 91.0 Å². The highest BCUT2D eigenvalue weighted by atomic mass is 16.3. The molecule has 0 aliphatic rings. The van der Waals surface area contributed by atoms with E-state index in [9.17, 15) is 5.11 Å². The zero-order chi connectivity index (χ0) is 23.9. The van der Waals surface area contributed by atoms with Crippen LogP contribution in [0, 0.1) is 20.8 Å². The number of aryl methyl sites for hydroxylation is 4. The van der Waals surface area contributed by atoms with Gasteiger partial charge in [0.2, 0.25) is 0 Å². The van der Waals surface area contributed by atoms with Crippen molar-refractivity contribution < 1.29 is 5.11 Å². The summed E-state index contributed by atoms with van der Waals surface area (Å²) >= 11 is 0. The molecule has 0 heterocycles. The molecular weight excluding hydrogens is 426 g/mol. The van der Waals surface area contributed by atoms with Crippen molar-refractivity contribution in [1.29, 1.82) is 0 Å². The van der Waals surface area contributed by atoms with Crippen molar-refractivity contribution in [2.45, 2.75) is 60.0 Å². The molecule has 0 spiro atoms. The highest BCUT2D eigenvalue weighted by molar-refractivity contribution is 5.73. The fourth-order valence-corrected chi connectivity index (χ4v) is 4.36. The van der Waals surface area contributed by atoms with Crippen molar-refractivity contribution in [2.75, 3.05) is 5.32 Å². The molecule has 0 fully saturated rings. The fraction of sp³-hybridized carbons (Fsp3) is 0.273. The van der Waals surface area contributed by atoms with Crippen LogP contribution in [0.1, 0.15) is 60.6 Å². The van der Waals surface area contributed by atoms with Gasteiger partial charge in [-0.2, -0.15) is 0 Å². The van der Waals surface area contributed by atoms with Crippen molar-refractivity contribution in [3.8, 4) is 11.1 Å². The van der Waals surface area contributed by atoms with E-state index < -0.39 is 0 Å². The molecule has 0 saturated carbocycles. The second kappa shape index (κ2) is 12.4. The lowest BCUT2D eigenvalue weighted by Gasteiger charge is -2.13. The molecule has 35 heavy (non-hydrogen) atoms. The standard InChI is InChI=1S/C32H35NO.CH4/c1-23-13-17-28(21-25(23)3)32(34)12-8-7-9-26-15-19-29(20-16-26)33-30-18-14-24(2)31(22-30)27-10-5-4-6-11-27;/h4-6,10-11,13-22,32-34H,7-9,12H2,1-3H3;1H4/t32-;/m0./s1. The van der Waals surface area contributed by atoms with E-state index in [-0.39, 0.29) is 13.5 Å². The van der Waals surface area contributed by atoms with Gasteiger partial charge in [-0.05, 0) is 103 Å². The number of anilines is 2. The molecule has 2 heteroatoms. The van der Waals surface area contributed by atoms with Crippen molar-refractivity contribution in [2.24, 2.45) is 0 Å². The molecule has 0 radical (unpaired) electrons. The fourth-order valence-electron chi connectivity index (χ4n) is 4.36. The number of unbranched alkanes of at least 4 members (excludes halogenated alkanes) is 1. The quantitative estimate of drug-likeness (QED) is 0.242. The number of benzene rings is 4. The van der Waals surface area contributed by atoms with Crippen molar-refractivity contribution in [3.05, 3.63) is 119 Å². The zero-order valence-corrected chi connectivity index (χ0v) is 20.5. The minimum Gasteiger partial charge on any atom is -0.388 e. The first kappa shape index (κ1) is 26.2. The lowest BCUT2D eigenvalue weighted by molar-refractivity contribution is 0.163. The molecule has 2 nitrogen and oxygen atoms in total. The third-order valence-electron chi connectivity index (χ3n) is 6.67. The van der Waals surface area contributed by atoms with E-state index >= 15 is 0 Å². The minimum absolute atomic E-state index is 0. The topological polar surface area (TPSA) is 32.3 Å². The average Bonchev–Trinajstić information content (AvgIpc) is 2.86. The van der Waals surface area contributed by atoms with E-state index in [0.717, 1.165) is 42.6 Å². The molecule has 0 saturated heterocycles. The maximum atomic E-state index is 10.5. The summed E-state index contributed by atoms with van der Waals surface area (Å²) in [7, 11) is 0. The highest BCUT2D eigenvalue weighted by Crippen LogP contribution is 2.28. The molecule has 0 aromatic heterocycles. The largest absolute Gasteiger partial charge is 0.388 e. The Kier molecular flexibility index (Phi) is 9.28. The van der Waals surface area contributed by atoms with Crippen LogP contribution in [-0.4, -0.2) is 5.11 Å². The van der Waals surface area contributed by atoms with Crippen LogP contribution in [0.25, 0.3) is 11.1 Å². The Labute approximate surface area is 211 Å². The molecule has 1 atom stereocenters. The highest BCUT2D eigenvalue weighted by Gasteiger charge is 2.08. The number of hydrogen-bond acceptors (Lipinski definition) is 2. The second-order valence-electron chi connectivity index (χ2n) is 9.32. The molecule has 2 N–H and O–H groups in total. The van der Waals surface area contributed by atoms with E-state index in [4.69, 9.17) is 0 Å². The predicted octanol–water partition coefficient (Wildman–Crippen LogP) is 9.10. The maximum absolute atomic E-state index is 10.5. The Hall–Kier alpha value is -3.36. The van der Waals surface area contributed by atoms with Crippen molar-refractivity contribution in [1.82, 2.24) is 0 Å². The summed E-state index contributed by atoms with van der Waals surface area (Å²) in [5.41, 5.74) is 10.8. The Balaban J connectivity index is 0.00000342. The summed E-state index contributed by atoms with van der Waals surface area (Å²) in [6.07, 6.45) is 3.55. The van der Waals surface area contributed by atoms with Gasteiger partial charge < -0.3 is 10.4 Å². The van der Waals surface area contributed by atoms with Gasteiger partial charge >= 0.3 is 0 Å². The van der Waals surface area contributed by atoms with E-state index in [1.807, 2.05) is 0 Å². The predicted molar refractivity (Wildman–Crippen MR) is 152 cm³/mol. The SMILES string of the molecule is C.Cc1ccc([C@@H](O)CCCCc2ccc(Nc3ccc(C)c(-c4ccccc4)c3)cc2)cc1C. The Morgan fingerprint density at radius 1 is 0.686 bits per heavy atom. The van der Waals surface area contributed by atoms with Gasteiger partial charge in [0.15, 0.2) is 0 Å². The van der Waals surface area contributed by atoms with E-state index in [0.29, 0.717) is 0 Å². The summed E-state index contributed by atoms with van der Waals surface area (Å²) in [6.45, 7) is 6.36. The summed E-state index contributed by atoms with van der Waals surface area (Å²) in [6, 6.07) is 32.0. The van der Waals surface area contributed by atoms with Gasteiger partial charge in [0, 0.05) is 11.4 Å². The van der Waals surface area contributed by atoms with E-state index in [2.05, 4.69) is 117 Å². The smallest absolute Gasteiger partial charge is 0.0790 e. The molecule has 0 aliphatic carbocycles. The van der Waals surface area contributed by atoms with Gasteiger partial charge in [-0.1, -0.05) is 80.6 Å². The molecule has 4 aromatic carbocycles. The van der Waals surface area contributed by atoms with Crippen LogP contribution in [0.4, 0.5) is 11.4 Å². The third-order valence-corrected chi connectivity index (χ3v) is 6.67. The first-order valence-corrected chi connectivity index (χ1v) is 12.3. The normalized spacial score (nSPS) is 11.5. The molecule has 0 amide bonds.